The Morgan fingerprint density at radius 3 is 2.30 bits per heavy atom. The third kappa shape index (κ3) is 4.69. The van der Waals surface area contributed by atoms with E-state index in [1.807, 2.05) is 36.4 Å². The van der Waals surface area contributed by atoms with Crippen molar-refractivity contribution in [3.63, 3.8) is 0 Å². The number of rotatable bonds is 7. The Balaban J connectivity index is 2.17. The number of hydrogen-bond acceptors (Lipinski definition) is 2. The third-order valence-corrected chi connectivity index (χ3v) is 4.10. The van der Waals surface area contributed by atoms with Crippen LogP contribution in [0.5, 0.6) is 0 Å². The van der Waals surface area contributed by atoms with Crippen LogP contribution in [0.3, 0.4) is 0 Å². The second-order valence-electron chi connectivity index (χ2n) is 5.78. The maximum absolute atomic E-state index is 10.9. The predicted octanol–water partition coefficient (Wildman–Crippen LogP) is 4.77. The molecule has 1 atom stereocenters. The Bertz CT molecular complexity index is 681. The lowest BCUT2D eigenvalue weighted by molar-refractivity contribution is 0.0697. The van der Waals surface area contributed by atoms with Crippen molar-refractivity contribution in [2.24, 2.45) is 0 Å². The first-order valence-corrected chi connectivity index (χ1v) is 7.96. The van der Waals surface area contributed by atoms with Crippen molar-refractivity contribution in [2.45, 2.75) is 38.5 Å². The fourth-order valence-electron chi connectivity index (χ4n) is 2.73. The van der Waals surface area contributed by atoms with Gasteiger partial charge in [-0.3, -0.25) is 0 Å². The van der Waals surface area contributed by atoms with Crippen molar-refractivity contribution in [2.75, 3.05) is 0 Å². The zero-order chi connectivity index (χ0) is 16.7. The van der Waals surface area contributed by atoms with Crippen LogP contribution in [0.25, 0.3) is 0 Å². The molecule has 3 nitrogen and oxygen atoms in total. The quantitative estimate of drug-likeness (QED) is 0.801. The molecule has 3 heteroatoms. The lowest BCUT2D eigenvalue weighted by Crippen LogP contribution is -2.04. The molecular weight excluding hydrogens is 286 g/mol. The van der Waals surface area contributed by atoms with Crippen molar-refractivity contribution in [1.29, 1.82) is 5.26 Å². The summed E-state index contributed by atoms with van der Waals surface area (Å²) in [4.78, 5) is 10.9. The minimum Gasteiger partial charge on any atom is -0.478 e. The summed E-state index contributed by atoms with van der Waals surface area (Å²) in [5.74, 6) is -0.510. The lowest BCUT2D eigenvalue weighted by Gasteiger charge is -2.17. The predicted molar refractivity (Wildman–Crippen MR) is 90.5 cm³/mol. The van der Waals surface area contributed by atoms with E-state index >= 15 is 0 Å². The van der Waals surface area contributed by atoms with Crippen molar-refractivity contribution in [3.05, 3.63) is 70.8 Å². The van der Waals surface area contributed by atoms with E-state index in [0.29, 0.717) is 17.0 Å². The van der Waals surface area contributed by atoms with Gasteiger partial charge in [-0.05, 0) is 54.2 Å². The molecule has 23 heavy (non-hydrogen) atoms. The minimum absolute atomic E-state index is 0.317. The molecule has 0 spiro atoms. The largest absolute Gasteiger partial charge is 0.478 e. The van der Waals surface area contributed by atoms with Crippen LogP contribution in [-0.2, 0) is 6.42 Å². The summed E-state index contributed by atoms with van der Waals surface area (Å²) in [7, 11) is 0. The molecule has 0 radical (unpaired) electrons. The molecule has 0 aliphatic rings. The first-order valence-electron chi connectivity index (χ1n) is 7.96. The number of nitriles is 1. The molecule has 1 unspecified atom stereocenters. The molecule has 0 fully saturated rings. The van der Waals surface area contributed by atoms with Gasteiger partial charge in [-0.15, -0.1) is 0 Å². The van der Waals surface area contributed by atoms with Gasteiger partial charge in [0.15, 0.2) is 0 Å². The highest BCUT2D eigenvalue weighted by molar-refractivity contribution is 5.87. The normalized spacial score (nSPS) is 11.7. The molecular formula is C20H21NO2. The third-order valence-electron chi connectivity index (χ3n) is 4.10. The number of benzene rings is 2. The van der Waals surface area contributed by atoms with Crippen molar-refractivity contribution in [1.82, 2.24) is 0 Å². The van der Waals surface area contributed by atoms with Gasteiger partial charge in [0.05, 0.1) is 17.2 Å². The number of carboxylic acid groups (broad SMARTS) is 1. The summed E-state index contributed by atoms with van der Waals surface area (Å²) in [5.41, 5.74) is 3.37. The van der Waals surface area contributed by atoms with E-state index in [0.717, 1.165) is 31.2 Å². The summed E-state index contributed by atoms with van der Waals surface area (Å²) in [6.07, 6.45) is 4.26. The molecule has 2 rings (SSSR count). The summed E-state index contributed by atoms with van der Waals surface area (Å²) >= 11 is 0. The fraction of sp³-hybridized carbons (Fsp3) is 0.300. The van der Waals surface area contributed by atoms with E-state index in [4.69, 9.17) is 10.4 Å². The van der Waals surface area contributed by atoms with E-state index < -0.39 is 5.97 Å². The Hall–Kier alpha value is -2.60. The summed E-state index contributed by atoms with van der Waals surface area (Å²) < 4.78 is 0. The summed E-state index contributed by atoms with van der Waals surface area (Å²) in [6.45, 7) is 2.18. The van der Waals surface area contributed by atoms with Gasteiger partial charge >= 0.3 is 5.97 Å². The monoisotopic (exact) mass is 307 g/mol. The molecule has 0 heterocycles. The summed E-state index contributed by atoms with van der Waals surface area (Å²) in [6, 6.07) is 17.0. The molecule has 0 bridgehead atoms. The van der Waals surface area contributed by atoms with Crippen LogP contribution in [0.4, 0.5) is 0 Å². The van der Waals surface area contributed by atoms with Gasteiger partial charge in [0.1, 0.15) is 0 Å². The van der Waals surface area contributed by atoms with E-state index in [2.05, 4.69) is 13.0 Å². The van der Waals surface area contributed by atoms with Crippen molar-refractivity contribution in [3.8, 4) is 6.07 Å². The van der Waals surface area contributed by atoms with Crippen molar-refractivity contribution >= 4 is 5.97 Å². The molecule has 1 N–H and O–H groups in total. The Kier molecular flexibility index (Phi) is 5.94. The van der Waals surface area contributed by atoms with Gasteiger partial charge in [0.25, 0.3) is 0 Å². The molecule has 118 valence electrons. The highest BCUT2D eigenvalue weighted by Gasteiger charge is 2.13. The van der Waals surface area contributed by atoms with Crippen LogP contribution in [0.1, 0.15) is 59.2 Å². The fourth-order valence-corrected chi connectivity index (χ4v) is 2.73. The van der Waals surface area contributed by atoms with Gasteiger partial charge in [-0.2, -0.15) is 5.26 Å². The second kappa shape index (κ2) is 8.14. The molecule has 0 amide bonds. The number of carboxylic acids is 1. The van der Waals surface area contributed by atoms with Crippen LogP contribution in [0, 0.1) is 11.3 Å². The van der Waals surface area contributed by atoms with Gasteiger partial charge in [0.2, 0.25) is 0 Å². The maximum atomic E-state index is 10.9. The zero-order valence-corrected chi connectivity index (χ0v) is 13.3. The average molecular weight is 307 g/mol. The molecule has 2 aromatic rings. The maximum Gasteiger partial charge on any atom is 0.335 e. The Morgan fingerprint density at radius 1 is 1.13 bits per heavy atom. The van der Waals surface area contributed by atoms with Gasteiger partial charge in [0, 0.05) is 0 Å². The van der Waals surface area contributed by atoms with Crippen LogP contribution in [0.15, 0.2) is 48.5 Å². The average Bonchev–Trinajstić information content (AvgIpc) is 2.59. The minimum atomic E-state index is -0.897. The van der Waals surface area contributed by atoms with E-state index in [-0.39, 0.29) is 0 Å². The SMILES string of the molecule is CCCCC(Cc1ccc(C(=O)O)cc1)c1ccc(C#N)cc1. The molecule has 2 aromatic carbocycles. The summed E-state index contributed by atoms with van der Waals surface area (Å²) in [5, 5.41) is 17.9. The first-order chi connectivity index (χ1) is 11.1. The first kappa shape index (κ1) is 16.8. The molecule has 0 aliphatic heterocycles. The number of unbranched alkanes of at least 4 members (excludes halogenated alkanes) is 1. The van der Waals surface area contributed by atoms with Crippen molar-refractivity contribution < 1.29 is 9.90 Å². The number of hydrogen-bond donors (Lipinski definition) is 1. The van der Waals surface area contributed by atoms with E-state index in [1.165, 1.54) is 5.56 Å². The topological polar surface area (TPSA) is 61.1 Å². The Labute approximate surface area is 137 Å². The molecule has 0 aliphatic carbocycles. The standard InChI is InChI=1S/C20H21NO2/c1-2-3-4-19(17-9-7-16(14-21)8-10-17)13-15-5-11-18(12-6-15)20(22)23/h5-12,19H,2-4,13H2,1H3,(H,22,23). The zero-order valence-electron chi connectivity index (χ0n) is 13.3. The highest BCUT2D eigenvalue weighted by atomic mass is 16.4. The van der Waals surface area contributed by atoms with Gasteiger partial charge in [-0.1, -0.05) is 44.0 Å². The second-order valence-corrected chi connectivity index (χ2v) is 5.78. The smallest absolute Gasteiger partial charge is 0.335 e. The number of carbonyl (C=O) groups is 1. The highest BCUT2D eigenvalue weighted by Crippen LogP contribution is 2.27. The van der Waals surface area contributed by atoms with Crippen LogP contribution < -0.4 is 0 Å². The van der Waals surface area contributed by atoms with E-state index in [1.54, 1.807) is 12.1 Å². The van der Waals surface area contributed by atoms with Gasteiger partial charge in [-0.25, -0.2) is 4.79 Å². The lowest BCUT2D eigenvalue weighted by atomic mass is 9.87. The Morgan fingerprint density at radius 2 is 1.78 bits per heavy atom. The van der Waals surface area contributed by atoms with Crippen LogP contribution in [-0.4, -0.2) is 11.1 Å². The molecule has 0 saturated heterocycles. The molecule has 0 aromatic heterocycles. The van der Waals surface area contributed by atoms with E-state index in [9.17, 15) is 4.79 Å². The van der Waals surface area contributed by atoms with Crippen LogP contribution in [0.2, 0.25) is 0 Å². The number of nitrogens with zero attached hydrogens (tertiary/aromatic N) is 1. The van der Waals surface area contributed by atoms with Gasteiger partial charge < -0.3 is 5.11 Å². The number of aromatic carboxylic acids is 1. The molecule has 0 saturated carbocycles. The van der Waals surface area contributed by atoms with Crippen LogP contribution >= 0.6 is 0 Å².